The van der Waals surface area contributed by atoms with Gasteiger partial charge in [0.05, 0.1) is 18.4 Å². The fraction of sp³-hybridized carbons (Fsp3) is 0.462. The predicted octanol–water partition coefficient (Wildman–Crippen LogP) is 1.28. The van der Waals surface area contributed by atoms with Crippen molar-refractivity contribution in [2.45, 2.75) is 40.0 Å². The van der Waals surface area contributed by atoms with Crippen LogP contribution in [-0.4, -0.2) is 24.7 Å². The summed E-state index contributed by atoms with van der Waals surface area (Å²) in [5, 5.41) is 15.4. The van der Waals surface area contributed by atoms with Crippen molar-refractivity contribution in [2.24, 2.45) is 0 Å². The minimum absolute atomic E-state index is 0.637. The van der Waals surface area contributed by atoms with Gasteiger partial charge in [-0.25, -0.2) is 0 Å². The Morgan fingerprint density at radius 3 is 2.70 bits per heavy atom. The van der Waals surface area contributed by atoms with Gasteiger partial charge in [-0.2, -0.15) is 10.2 Å². The van der Waals surface area contributed by atoms with Gasteiger partial charge in [-0.05, 0) is 32.1 Å². The second-order valence-corrected chi connectivity index (χ2v) is 4.79. The summed E-state index contributed by atoms with van der Waals surface area (Å²) in [6.45, 7) is 7.22. The molecule has 2 aromatic rings. The first-order valence-corrected chi connectivity index (χ1v) is 7.17. The van der Waals surface area contributed by atoms with Crippen LogP contribution in [0.3, 0.4) is 0 Å². The maximum atomic E-state index is 5.26. The summed E-state index contributed by atoms with van der Waals surface area (Å²) in [5.41, 5.74) is 2.24. The van der Waals surface area contributed by atoms with Crippen LogP contribution in [0.4, 0.5) is 0 Å². The second kappa shape index (κ2) is 7.04. The van der Waals surface area contributed by atoms with E-state index in [9.17, 15) is 0 Å². The molecule has 7 heteroatoms. The third kappa shape index (κ3) is 3.80. The van der Waals surface area contributed by atoms with Gasteiger partial charge in [-0.15, -0.1) is 0 Å². The van der Waals surface area contributed by atoms with Crippen LogP contribution in [0.2, 0.25) is 0 Å². The van der Waals surface area contributed by atoms with E-state index in [0.717, 1.165) is 24.3 Å². The van der Waals surface area contributed by atoms with Gasteiger partial charge >= 0.3 is 0 Å². The zero-order valence-corrected chi connectivity index (χ0v) is 12.7. The Kier molecular flexibility index (Phi) is 5.11. The molecule has 2 aromatic heterocycles. The van der Waals surface area contributed by atoms with Crippen LogP contribution in [0, 0.1) is 0 Å². The molecule has 0 spiro atoms. The third-order valence-corrected chi connectivity index (χ3v) is 3.29. The lowest BCUT2D eigenvalue weighted by Gasteiger charge is -2.10. The Bertz CT molecular complexity index is 559. The molecule has 0 saturated carbocycles. The zero-order chi connectivity index (χ0) is 14.4. The molecule has 108 valence electrons. The minimum Gasteiger partial charge on any atom is -0.359 e. The normalized spacial score (nSPS) is 10.5. The van der Waals surface area contributed by atoms with Crippen molar-refractivity contribution in [2.75, 3.05) is 0 Å². The van der Waals surface area contributed by atoms with Crippen LogP contribution in [-0.2, 0) is 26.2 Å². The van der Waals surface area contributed by atoms with E-state index in [0.29, 0.717) is 18.2 Å². The molecular weight excluding hydrogens is 272 g/mol. The number of nitrogens with one attached hydrogen (secondary N) is 2. The lowest BCUT2D eigenvalue weighted by Crippen LogP contribution is -2.34. The Labute approximate surface area is 124 Å². The fourth-order valence-corrected chi connectivity index (χ4v) is 2.03. The summed E-state index contributed by atoms with van der Waals surface area (Å²) in [6.07, 6.45) is 5.67. The van der Waals surface area contributed by atoms with Crippen LogP contribution in [0.1, 0.15) is 25.1 Å². The van der Waals surface area contributed by atoms with Crippen LogP contribution in [0.15, 0.2) is 24.7 Å². The van der Waals surface area contributed by atoms with E-state index < -0.39 is 0 Å². The molecule has 0 aliphatic rings. The van der Waals surface area contributed by atoms with E-state index in [1.54, 1.807) is 6.20 Å². The maximum Gasteiger partial charge on any atom is 0.166 e. The van der Waals surface area contributed by atoms with E-state index in [4.69, 9.17) is 12.2 Å². The first-order valence-electron chi connectivity index (χ1n) is 6.76. The molecule has 0 aliphatic heterocycles. The molecule has 6 nitrogen and oxygen atoms in total. The molecule has 2 N–H and O–H groups in total. The van der Waals surface area contributed by atoms with Gasteiger partial charge in [-0.1, -0.05) is 0 Å². The molecule has 0 aromatic carbocycles. The number of rotatable bonds is 6. The molecule has 0 fully saturated rings. The Morgan fingerprint density at radius 1 is 1.20 bits per heavy atom. The topological polar surface area (TPSA) is 59.7 Å². The van der Waals surface area contributed by atoms with Gasteiger partial charge in [-0.3, -0.25) is 9.36 Å². The molecule has 2 rings (SSSR count). The first-order chi connectivity index (χ1) is 9.72. The monoisotopic (exact) mass is 292 g/mol. The van der Waals surface area contributed by atoms with Crippen molar-refractivity contribution in [3.8, 4) is 0 Å². The summed E-state index contributed by atoms with van der Waals surface area (Å²) in [5.74, 6) is 0. The van der Waals surface area contributed by atoms with Crippen LogP contribution in [0.5, 0.6) is 0 Å². The van der Waals surface area contributed by atoms with Crippen molar-refractivity contribution in [3.05, 3.63) is 35.9 Å². The Balaban J connectivity index is 1.75. The lowest BCUT2D eigenvalue weighted by molar-refractivity contribution is 0.611. The summed E-state index contributed by atoms with van der Waals surface area (Å²) < 4.78 is 3.84. The average Bonchev–Trinajstić information content (AvgIpc) is 3.11. The summed E-state index contributed by atoms with van der Waals surface area (Å²) in [6, 6.07) is 1.99. The largest absolute Gasteiger partial charge is 0.359 e. The van der Waals surface area contributed by atoms with Gasteiger partial charge in [0.25, 0.3) is 0 Å². The molecule has 20 heavy (non-hydrogen) atoms. The summed E-state index contributed by atoms with van der Waals surface area (Å²) in [7, 11) is 0. The second-order valence-electron chi connectivity index (χ2n) is 4.38. The molecule has 0 saturated heterocycles. The number of hydrogen-bond donors (Lipinski definition) is 2. The smallest absolute Gasteiger partial charge is 0.166 e. The average molecular weight is 292 g/mol. The Morgan fingerprint density at radius 2 is 2.00 bits per heavy atom. The minimum atomic E-state index is 0.637. The Hall–Kier alpha value is -1.89. The van der Waals surface area contributed by atoms with Gasteiger partial charge in [0.2, 0.25) is 0 Å². The predicted molar refractivity (Wildman–Crippen MR) is 82.1 cm³/mol. The number of thiocarbonyl (C=S) groups is 1. The third-order valence-electron chi connectivity index (χ3n) is 3.00. The first kappa shape index (κ1) is 14.5. The van der Waals surface area contributed by atoms with E-state index in [1.807, 2.05) is 27.8 Å². The van der Waals surface area contributed by atoms with Gasteiger partial charge in [0.1, 0.15) is 0 Å². The number of aromatic nitrogens is 4. The molecule has 0 amide bonds. The molecule has 0 radical (unpaired) electrons. The highest BCUT2D eigenvalue weighted by molar-refractivity contribution is 7.80. The standard InChI is InChI=1S/C13H20N6S/c1-3-18-10-11(8-17-18)7-14-13(20)15-9-12-5-6-16-19(12)4-2/h5-6,8,10H,3-4,7,9H2,1-2H3,(H2,14,15,20). The highest BCUT2D eigenvalue weighted by atomic mass is 32.1. The van der Waals surface area contributed by atoms with Crippen LogP contribution >= 0.6 is 12.2 Å². The number of aryl methyl sites for hydroxylation is 2. The summed E-state index contributed by atoms with van der Waals surface area (Å²) in [4.78, 5) is 0. The molecule has 2 heterocycles. The SMILES string of the molecule is CCn1cc(CNC(=S)NCc2ccnn2CC)cn1. The molecule has 0 aliphatic carbocycles. The lowest BCUT2D eigenvalue weighted by atomic mass is 10.3. The molecular formula is C13H20N6S. The van der Waals surface area contributed by atoms with Gasteiger partial charge in [0, 0.05) is 37.6 Å². The quantitative estimate of drug-likeness (QED) is 0.786. The van der Waals surface area contributed by atoms with Crippen LogP contribution < -0.4 is 10.6 Å². The van der Waals surface area contributed by atoms with Crippen LogP contribution in [0.25, 0.3) is 0 Å². The van der Waals surface area contributed by atoms with Gasteiger partial charge < -0.3 is 10.6 Å². The highest BCUT2D eigenvalue weighted by Crippen LogP contribution is 1.99. The number of hydrogen-bond acceptors (Lipinski definition) is 3. The van der Waals surface area contributed by atoms with E-state index in [1.165, 1.54) is 0 Å². The van der Waals surface area contributed by atoms with Crippen molar-refractivity contribution < 1.29 is 0 Å². The number of nitrogens with zero attached hydrogens (tertiary/aromatic N) is 4. The zero-order valence-electron chi connectivity index (χ0n) is 11.8. The summed E-state index contributed by atoms with van der Waals surface area (Å²) >= 11 is 5.26. The van der Waals surface area contributed by atoms with Crippen molar-refractivity contribution in [1.29, 1.82) is 0 Å². The van der Waals surface area contributed by atoms with E-state index >= 15 is 0 Å². The van der Waals surface area contributed by atoms with E-state index in [2.05, 4.69) is 34.7 Å². The molecule has 0 unspecified atom stereocenters. The highest BCUT2D eigenvalue weighted by Gasteiger charge is 2.02. The maximum absolute atomic E-state index is 5.26. The van der Waals surface area contributed by atoms with E-state index in [-0.39, 0.29) is 0 Å². The van der Waals surface area contributed by atoms with Gasteiger partial charge in [0.15, 0.2) is 5.11 Å². The van der Waals surface area contributed by atoms with Crippen molar-refractivity contribution in [1.82, 2.24) is 30.2 Å². The van der Waals surface area contributed by atoms with Crippen molar-refractivity contribution >= 4 is 17.3 Å². The molecule has 0 bridgehead atoms. The van der Waals surface area contributed by atoms with Crippen molar-refractivity contribution in [3.63, 3.8) is 0 Å². The fourth-order valence-electron chi connectivity index (χ4n) is 1.88. The molecule has 0 atom stereocenters.